The van der Waals surface area contributed by atoms with Gasteiger partial charge in [0.25, 0.3) is 0 Å². The van der Waals surface area contributed by atoms with Crippen LogP contribution < -0.4 is 4.90 Å². The van der Waals surface area contributed by atoms with Crippen LogP contribution in [0.15, 0.2) is 36.4 Å². The fourth-order valence-electron chi connectivity index (χ4n) is 3.72. The van der Waals surface area contributed by atoms with Gasteiger partial charge in [0.15, 0.2) is 11.6 Å². The van der Waals surface area contributed by atoms with Crippen molar-refractivity contribution in [2.45, 2.75) is 25.8 Å². The second kappa shape index (κ2) is 7.62. The smallest absolute Gasteiger partial charge is 0.159 e. The van der Waals surface area contributed by atoms with E-state index in [9.17, 15) is 4.79 Å². The summed E-state index contributed by atoms with van der Waals surface area (Å²) in [6.45, 7) is 6.12. The Morgan fingerprint density at radius 1 is 1.04 bits per heavy atom. The van der Waals surface area contributed by atoms with Crippen LogP contribution in [-0.4, -0.2) is 53.1 Å². The fraction of sp³-hybridized carbons (Fsp3) is 0.421. The minimum absolute atomic E-state index is 0. The molecule has 0 aliphatic carbocycles. The van der Waals surface area contributed by atoms with Gasteiger partial charge < -0.3 is 9.80 Å². The molecule has 3 aliphatic rings. The molecule has 2 aromatic rings. The summed E-state index contributed by atoms with van der Waals surface area (Å²) in [5.74, 6) is 1.03. The first-order chi connectivity index (χ1) is 11.7. The summed E-state index contributed by atoms with van der Waals surface area (Å²) < 4.78 is 0. The van der Waals surface area contributed by atoms with Crippen LogP contribution in [0.4, 0.5) is 5.82 Å². The molecule has 6 heteroatoms. The normalized spacial score (nSPS) is 22.2. The lowest BCUT2D eigenvalue weighted by atomic mass is 10.0. The van der Waals surface area contributed by atoms with E-state index in [0.717, 1.165) is 30.2 Å². The molecule has 5 nitrogen and oxygen atoms in total. The van der Waals surface area contributed by atoms with Gasteiger partial charge in [-0.25, -0.2) is 0 Å². The number of piperidine rings is 1. The summed E-state index contributed by atoms with van der Waals surface area (Å²) in [5.41, 5.74) is 2.45. The molecule has 0 atom stereocenters. The van der Waals surface area contributed by atoms with Gasteiger partial charge in [0.05, 0.1) is 5.69 Å². The first kappa shape index (κ1) is 18.0. The van der Waals surface area contributed by atoms with E-state index in [0.29, 0.717) is 11.6 Å². The number of ketones is 1. The number of benzene rings is 1. The zero-order valence-corrected chi connectivity index (χ0v) is 16.1. The van der Waals surface area contributed by atoms with Crippen LogP contribution in [0.2, 0.25) is 0 Å². The van der Waals surface area contributed by atoms with Crippen LogP contribution in [0.1, 0.15) is 30.1 Å². The van der Waals surface area contributed by atoms with Crippen molar-refractivity contribution < 1.29 is 4.79 Å². The summed E-state index contributed by atoms with van der Waals surface area (Å²) in [7, 11) is 0. The molecule has 5 rings (SSSR count). The van der Waals surface area contributed by atoms with Crippen molar-refractivity contribution in [2.24, 2.45) is 0 Å². The van der Waals surface area contributed by atoms with Gasteiger partial charge in [-0.05, 0) is 38.0 Å². The van der Waals surface area contributed by atoms with Crippen molar-refractivity contribution in [3.05, 3.63) is 42.0 Å². The summed E-state index contributed by atoms with van der Waals surface area (Å²) in [5, 5.41) is 8.91. The molecule has 3 fully saturated rings. The average Bonchev–Trinajstić information content (AvgIpc) is 2.96. The highest BCUT2D eigenvalue weighted by molar-refractivity contribution is 8.93. The van der Waals surface area contributed by atoms with E-state index in [-0.39, 0.29) is 22.8 Å². The highest BCUT2D eigenvalue weighted by atomic mass is 79.9. The number of rotatable bonds is 3. The molecule has 1 aromatic heterocycles. The maximum atomic E-state index is 11.5. The largest absolute Gasteiger partial charge is 0.351 e. The first-order valence-electron chi connectivity index (χ1n) is 8.65. The van der Waals surface area contributed by atoms with Crippen molar-refractivity contribution >= 4 is 28.6 Å². The molecule has 2 bridgehead atoms. The lowest BCUT2D eigenvalue weighted by Gasteiger charge is -2.31. The molecule has 132 valence electrons. The van der Waals surface area contributed by atoms with Crippen LogP contribution in [0.5, 0.6) is 0 Å². The molecule has 1 aromatic carbocycles. The Hall–Kier alpha value is -1.79. The minimum Gasteiger partial charge on any atom is -0.351 e. The monoisotopic (exact) mass is 402 g/mol. The van der Waals surface area contributed by atoms with Gasteiger partial charge in [-0.1, -0.05) is 18.2 Å². The van der Waals surface area contributed by atoms with Gasteiger partial charge in [0, 0.05) is 43.3 Å². The van der Waals surface area contributed by atoms with E-state index >= 15 is 0 Å². The predicted molar refractivity (Wildman–Crippen MR) is 105 cm³/mol. The van der Waals surface area contributed by atoms with Crippen LogP contribution >= 0.6 is 17.0 Å². The zero-order valence-electron chi connectivity index (χ0n) is 14.4. The Kier molecular flexibility index (Phi) is 5.49. The van der Waals surface area contributed by atoms with Gasteiger partial charge in [-0.3, -0.25) is 4.79 Å². The lowest BCUT2D eigenvalue weighted by molar-refractivity contribution is 0.101. The quantitative estimate of drug-likeness (QED) is 0.737. The van der Waals surface area contributed by atoms with Crippen LogP contribution in [0, 0.1) is 0 Å². The van der Waals surface area contributed by atoms with E-state index < -0.39 is 0 Å². The lowest BCUT2D eigenvalue weighted by Crippen LogP contribution is -2.38. The summed E-state index contributed by atoms with van der Waals surface area (Å²) >= 11 is 0. The molecular formula is C19H23BrN4O. The number of aromatic nitrogens is 2. The van der Waals surface area contributed by atoms with Gasteiger partial charge in [-0.15, -0.1) is 27.2 Å². The van der Waals surface area contributed by atoms with Gasteiger partial charge in [0.1, 0.15) is 0 Å². The maximum Gasteiger partial charge on any atom is 0.159 e. The van der Waals surface area contributed by atoms with Crippen molar-refractivity contribution in [1.82, 2.24) is 15.1 Å². The highest BCUT2D eigenvalue weighted by Crippen LogP contribution is 2.26. The molecule has 25 heavy (non-hydrogen) atoms. The maximum absolute atomic E-state index is 11.5. The SMILES string of the molecule is Br.CC(=O)c1cccc(-c2ccc(N3CCN4CCC3CC4)nn2)c1. The Labute approximate surface area is 158 Å². The number of hydrogen-bond acceptors (Lipinski definition) is 5. The molecule has 0 radical (unpaired) electrons. The second-order valence-electron chi connectivity index (χ2n) is 6.68. The van der Waals surface area contributed by atoms with Crippen LogP contribution in [0.3, 0.4) is 0 Å². The number of carbonyl (C=O) groups excluding carboxylic acids is 1. The third-order valence-corrected chi connectivity index (χ3v) is 5.16. The van der Waals surface area contributed by atoms with E-state index in [4.69, 9.17) is 0 Å². The van der Waals surface area contributed by atoms with Crippen LogP contribution in [-0.2, 0) is 0 Å². The average molecular weight is 403 g/mol. The molecule has 3 saturated heterocycles. The van der Waals surface area contributed by atoms with Crippen molar-refractivity contribution in [1.29, 1.82) is 0 Å². The van der Waals surface area contributed by atoms with Gasteiger partial charge in [0.2, 0.25) is 0 Å². The van der Waals surface area contributed by atoms with Crippen molar-refractivity contribution in [2.75, 3.05) is 31.1 Å². The Morgan fingerprint density at radius 3 is 2.52 bits per heavy atom. The van der Waals surface area contributed by atoms with E-state index in [1.54, 1.807) is 6.92 Å². The first-order valence-corrected chi connectivity index (χ1v) is 8.65. The number of hydrogen-bond donors (Lipinski definition) is 0. The van der Waals surface area contributed by atoms with Crippen molar-refractivity contribution in [3.8, 4) is 11.3 Å². The van der Waals surface area contributed by atoms with E-state index in [2.05, 4.69) is 26.1 Å². The summed E-state index contributed by atoms with van der Waals surface area (Å²) in [6, 6.07) is 12.2. The number of nitrogens with zero attached hydrogens (tertiary/aromatic N) is 4. The number of halogens is 1. The molecule has 0 amide bonds. The Balaban J connectivity index is 0.00000182. The molecule has 0 spiro atoms. The topological polar surface area (TPSA) is 49.3 Å². The highest BCUT2D eigenvalue weighted by Gasteiger charge is 2.29. The van der Waals surface area contributed by atoms with E-state index in [1.807, 2.05) is 30.3 Å². The van der Waals surface area contributed by atoms with Gasteiger partial charge >= 0.3 is 0 Å². The molecule has 0 N–H and O–H groups in total. The number of carbonyl (C=O) groups is 1. The predicted octanol–water partition coefficient (Wildman–Crippen LogP) is 3.21. The van der Waals surface area contributed by atoms with E-state index in [1.165, 1.54) is 25.9 Å². The minimum atomic E-state index is 0. The molecule has 0 saturated carbocycles. The summed E-state index contributed by atoms with van der Waals surface area (Å²) in [6.07, 6.45) is 2.42. The molecule has 3 aliphatic heterocycles. The number of anilines is 1. The molecule has 4 heterocycles. The van der Waals surface area contributed by atoms with Crippen molar-refractivity contribution in [3.63, 3.8) is 0 Å². The number of fused-ring (bicyclic) bond motifs is 4. The fourth-order valence-corrected chi connectivity index (χ4v) is 3.72. The third kappa shape index (κ3) is 3.75. The second-order valence-corrected chi connectivity index (χ2v) is 6.68. The Bertz CT molecular complexity index is 741. The third-order valence-electron chi connectivity index (χ3n) is 5.16. The zero-order chi connectivity index (χ0) is 16.5. The summed E-state index contributed by atoms with van der Waals surface area (Å²) in [4.78, 5) is 16.5. The number of Topliss-reactive ketones (excluding diaryl/α,β-unsaturated/α-hetero) is 1. The molecule has 0 unspecified atom stereocenters. The van der Waals surface area contributed by atoms with Crippen LogP contribution in [0.25, 0.3) is 11.3 Å². The Morgan fingerprint density at radius 2 is 1.84 bits per heavy atom. The van der Waals surface area contributed by atoms with Gasteiger partial charge in [-0.2, -0.15) is 0 Å². The molecular weight excluding hydrogens is 380 g/mol. The standard InChI is InChI=1S/C19H22N4O.BrH/c1-14(24)15-3-2-4-16(13-15)18-5-6-19(21-20-18)23-12-11-22-9-7-17(23)8-10-22;/h2-6,13,17H,7-12H2,1H3;1H.